The van der Waals surface area contributed by atoms with Crippen molar-refractivity contribution in [2.75, 3.05) is 25.6 Å². The lowest BCUT2D eigenvalue weighted by molar-refractivity contribution is 0.171. The molecule has 1 N–H and O–H groups in total. The molecule has 0 aliphatic carbocycles. The quantitative estimate of drug-likeness (QED) is 0.541. The lowest BCUT2D eigenvalue weighted by Crippen LogP contribution is -2.15. The largest absolute Gasteiger partial charge is 0.493 e. The summed E-state index contributed by atoms with van der Waals surface area (Å²) in [6.45, 7) is 1.87. The Hall–Kier alpha value is -3.12. The topological polar surface area (TPSA) is 49.0 Å². The van der Waals surface area contributed by atoms with Gasteiger partial charge in [-0.1, -0.05) is 23.7 Å². The van der Waals surface area contributed by atoms with Gasteiger partial charge < -0.3 is 24.3 Å². The first-order valence-electron chi connectivity index (χ1n) is 9.49. The Morgan fingerprint density at radius 1 is 0.967 bits per heavy atom. The lowest BCUT2D eigenvalue weighted by Gasteiger charge is -2.19. The van der Waals surface area contributed by atoms with Gasteiger partial charge >= 0.3 is 0 Å². The molecule has 30 heavy (non-hydrogen) atoms. The van der Waals surface area contributed by atoms with E-state index in [1.54, 1.807) is 25.3 Å². The molecule has 0 fully saturated rings. The van der Waals surface area contributed by atoms with Gasteiger partial charge in [-0.15, -0.1) is 0 Å². The van der Waals surface area contributed by atoms with E-state index < -0.39 is 0 Å². The van der Waals surface area contributed by atoms with Gasteiger partial charge in [0.1, 0.15) is 25.6 Å². The fourth-order valence-corrected chi connectivity index (χ4v) is 3.30. The van der Waals surface area contributed by atoms with E-state index in [-0.39, 0.29) is 12.4 Å². The molecule has 0 saturated heterocycles. The summed E-state index contributed by atoms with van der Waals surface area (Å²) in [4.78, 5) is 0. The molecular weight excluding hydrogens is 409 g/mol. The summed E-state index contributed by atoms with van der Waals surface area (Å²) >= 11 is 6.47. The first kappa shape index (κ1) is 20.2. The molecule has 5 nitrogen and oxygen atoms in total. The minimum Gasteiger partial charge on any atom is -0.493 e. The van der Waals surface area contributed by atoms with Crippen molar-refractivity contribution in [1.29, 1.82) is 0 Å². The van der Waals surface area contributed by atoms with Crippen molar-refractivity contribution in [2.45, 2.75) is 13.2 Å². The van der Waals surface area contributed by atoms with Crippen LogP contribution in [0.3, 0.4) is 0 Å². The second kappa shape index (κ2) is 9.13. The van der Waals surface area contributed by atoms with Gasteiger partial charge in [0.2, 0.25) is 0 Å². The van der Waals surface area contributed by atoms with Crippen LogP contribution in [0.1, 0.15) is 11.1 Å². The van der Waals surface area contributed by atoms with E-state index >= 15 is 0 Å². The average Bonchev–Trinajstić information content (AvgIpc) is 2.78. The summed E-state index contributed by atoms with van der Waals surface area (Å²) in [5, 5.41) is 3.88. The molecule has 0 saturated carbocycles. The average molecular weight is 430 g/mol. The predicted octanol–water partition coefficient (Wildman–Crippen LogP) is 5.45. The van der Waals surface area contributed by atoms with Crippen LogP contribution in [0.25, 0.3) is 0 Å². The van der Waals surface area contributed by atoms with E-state index in [0.29, 0.717) is 36.3 Å². The van der Waals surface area contributed by atoms with Gasteiger partial charge in [-0.25, -0.2) is 4.39 Å². The van der Waals surface area contributed by atoms with E-state index in [0.717, 1.165) is 28.3 Å². The molecule has 1 heterocycles. The van der Waals surface area contributed by atoms with Gasteiger partial charge in [0.05, 0.1) is 7.11 Å². The Morgan fingerprint density at radius 2 is 1.73 bits per heavy atom. The normalized spacial score (nSPS) is 12.4. The van der Waals surface area contributed by atoms with Crippen LogP contribution >= 0.6 is 11.6 Å². The number of hydrogen-bond acceptors (Lipinski definition) is 5. The highest BCUT2D eigenvalue weighted by molar-refractivity contribution is 6.31. The highest BCUT2D eigenvalue weighted by atomic mass is 35.5. The van der Waals surface area contributed by atoms with Crippen molar-refractivity contribution in [2.24, 2.45) is 0 Å². The molecule has 0 radical (unpaired) electrons. The van der Waals surface area contributed by atoms with Gasteiger partial charge in [-0.3, -0.25) is 0 Å². The second-order valence-corrected chi connectivity index (χ2v) is 7.13. The molecule has 0 amide bonds. The van der Waals surface area contributed by atoms with Crippen molar-refractivity contribution in [3.05, 3.63) is 76.6 Å². The van der Waals surface area contributed by atoms with Crippen LogP contribution in [0, 0.1) is 5.82 Å². The van der Waals surface area contributed by atoms with E-state index in [2.05, 4.69) is 5.32 Å². The van der Waals surface area contributed by atoms with Gasteiger partial charge in [-0.2, -0.15) is 0 Å². The van der Waals surface area contributed by atoms with Crippen LogP contribution in [0.4, 0.5) is 10.1 Å². The maximum absolute atomic E-state index is 13.0. The minimum absolute atomic E-state index is 0.280. The fourth-order valence-electron chi connectivity index (χ4n) is 3.08. The standard InChI is InChI=1S/C23H21ClFNO4/c1-27-21-10-16(13-26-18-6-7-20-22(11-18)29-9-8-28-20)19(24)12-23(21)30-14-15-2-4-17(25)5-3-15/h2-7,10-12,26H,8-9,13-14H2,1H3. The number of benzene rings is 3. The van der Waals surface area contributed by atoms with E-state index in [4.69, 9.17) is 30.5 Å². The third-order valence-corrected chi connectivity index (χ3v) is 5.02. The number of anilines is 1. The summed E-state index contributed by atoms with van der Waals surface area (Å²) in [5.74, 6) is 2.28. The predicted molar refractivity (Wildman–Crippen MR) is 113 cm³/mol. The second-order valence-electron chi connectivity index (χ2n) is 6.72. The van der Waals surface area contributed by atoms with Gasteiger partial charge in [0.15, 0.2) is 23.0 Å². The van der Waals surface area contributed by atoms with E-state index in [1.807, 2.05) is 24.3 Å². The summed E-state index contributed by atoms with van der Waals surface area (Å²) in [6.07, 6.45) is 0. The molecule has 4 rings (SSSR count). The number of halogens is 2. The van der Waals surface area contributed by atoms with Crippen LogP contribution in [0.5, 0.6) is 23.0 Å². The molecule has 156 valence electrons. The Kier molecular flexibility index (Phi) is 6.14. The minimum atomic E-state index is -0.283. The van der Waals surface area contributed by atoms with Crippen LogP contribution in [-0.4, -0.2) is 20.3 Å². The van der Waals surface area contributed by atoms with Crippen LogP contribution < -0.4 is 24.3 Å². The zero-order valence-corrected chi connectivity index (χ0v) is 17.2. The zero-order chi connectivity index (χ0) is 20.9. The number of rotatable bonds is 7. The highest BCUT2D eigenvalue weighted by Gasteiger charge is 2.14. The fraction of sp³-hybridized carbons (Fsp3) is 0.217. The zero-order valence-electron chi connectivity index (χ0n) is 16.4. The summed E-state index contributed by atoms with van der Waals surface area (Å²) in [7, 11) is 1.58. The van der Waals surface area contributed by atoms with Crippen LogP contribution in [0.2, 0.25) is 5.02 Å². The first-order chi connectivity index (χ1) is 14.6. The number of hydrogen-bond donors (Lipinski definition) is 1. The van der Waals surface area contributed by atoms with E-state index in [1.165, 1.54) is 12.1 Å². The van der Waals surface area contributed by atoms with Crippen molar-refractivity contribution in [3.8, 4) is 23.0 Å². The maximum Gasteiger partial charge on any atom is 0.163 e. The molecule has 1 aliphatic heterocycles. The molecule has 1 aliphatic rings. The summed E-state index contributed by atoms with van der Waals surface area (Å²) in [6, 6.07) is 15.4. The summed E-state index contributed by atoms with van der Waals surface area (Å²) in [5.41, 5.74) is 2.60. The van der Waals surface area contributed by atoms with Crippen LogP contribution in [0.15, 0.2) is 54.6 Å². The lowest BCUT2D eigenvalue weighted by atomic mass is 10.1. The van der Waals surface area contributed by atoms with Crippen molar-refractivity contribution in [3.63, 3.8) is 0 Å². The van der Waals surface area contributed by atoms with Crippen molar-refractivity contribution < 1.29 is 23.3 Å². The maximum atomic E-state index is 13.0. The van der Waals surface area contributed by atoms with Crippen molar-refractivity contribution >= 4 is 17.3 Å². The Bertz CT molecular complexity index is 1030. The molecule has 0 aromatic heterocycles. The molecular formula is C23H21ClFNO4. The first-order valence-corrected chi connectivity index (χ1v) is 9.87. The van der Waals surface area contributed by atoms with Crippen molar-refractivity contribution in [1.82, 2.24) is 0 Å². The smallest absolute Gasteiger partial charge is 0.163 e. The van der Waals surface area contributed by atoms with Gasteiger partial charge in [-0.05, 0) is 41.5 Å². The number of nitrogens with one attached hydrogen (secondary N) is 1. The number of ether oxygens (including phenoxy) is 4. The SMILES string of the molecule is COc1cc(CNc2ccc3c(c2)OCCO3)c(Cl)cc1OCc1ccc(F)cc1. The molecule has 3 aromatic rings. The van der Waals surface area contributed by atoms with Gasteiger partial charge in [0, 0.05) is 29.4 Å². The molecule has 0 spiro atoms. The third-order valence-electron chi connectivity index (χ3n) is 4.67. The summed E-state index contributed by atoms with van der Waals surface area (Å²) < 4.78 is 35.5. The molecule has 7 heteroatoms. The monoisotopic (exact) mass is 429 g/mol. The third kappa shape index (κ3) is 4.71. The molecule has 0 bridgehead atoms. The Labute approximate surface area is 179 Å². The Balaban J connectivity index is 1.44. The number of methoxy groups -OCH3 is 1. The van der Waals surface area contributed by atoms with Crippen LogP contribution in [-0.2, 0) is 13.2 Å². The number of fused-ring (bicyclic) bond motifs is 1. The molecule has 0 unspecified atom stereocenters. The van der Waals surface area contributed by atoms with E-state index in [9.17, 15) is 4.39 Å². The molecule has 3 aromatic carbocycles. The Morgan fingerprint density at radius 3 is 2.50 bits per heavy atom. The van der Waals surface area contributed by atoms with Gasteiger partial charge in [0.25, 0.3) is 0 Å². The highest BCUT2D eigenvalue weighted by Crippen LogP contribution is 2.35. The molecule has 0 atom stereocenters.